The van der Waals surface area contributed by atoms with E-state index in [1.54, 1.807) is 5.38 Å². The molecule has 1 aromatic heterocycles. The number of hydrogen-bond donors (Lipinski definition) is 3. The molecule has 1 heterocycles. The Kier molecular flexibility index (Phi) is 6.27. The predicted molar refractivity (Wildman–Crippen MR) is 75.8 cm³/mol. The molecule has 0 fully saturated rings. The van der Waals surface area contributed by atoms with E-state index in [0.29, 0.717) is 17.4 Å². The van der Waals surface area contributed by atoms with Crippen LogP contribution in [-0.4, -0.2) is 29.4 Å². The molecule has 19 heavy (non-hydrogen) atoms. The van der Waals surface area contributed by atoms with Crippen LogP contribution in [0.25, 0.3) is 0 Å². The lowest BCUT2D eigenvalue weighted by Crippen LogP contribution is -2.35. The van der Waals surface area contributed by atoms with Gasteiger partial charge in [-0.2, -0.15) is 0 Å². The molecule has 0 aliphatic heterocycles. The van der Waals surface area contributed by atoms with E-state index < -0.39 is 0 Å². The maximum absolute atomic E-state index is 11.6. The lowest BCUT2D eigenvalue weighted by molar-refractivity contribution is -0.122. The van der Waals surface area contributed by atoms with Crippen LogP contribution in [0.5, 0.6) is 0 Å². The van der Waals surface area contributed by atoms with E-state index in [1.807, 2.05) is 13.8 Å². The van der Waals surface area contributed by atoms with Crippen LogP contribution in [0.4, 0.5) is 5.13 Å². The highest BCUT2D eigenvalue weighted by Gasteiger charge is 2.08. The average molecular weight is 284 g/mol. The van der Waals surface area contributed by atoms with E-state index in [0.717, 1.165) is 6.42 Å². The fourth-order valence-electron chi connectivity index (χ4n) is 1.40. The van der Waals surface area contributed by atoms with Crippen LogP contribution in [0, 0.1) is 0 Å². The van der Waals surface area contributed by atoms with Gasteiger partial charge in [-0.3, -0.25) is 9.59 Å². The van der Waals surface area contributed by atoms with Gasteiger partial charge in [0.15, 0.2) is 5.13 Å². The number of aromatic nitrogens is 1. The summed E-state index contributed by atoms with van der Waals surface area (Å²) in [4.78, 5) is 27.0. The minimum atomic E-state index is -0.151. The van der Waals surface area contributed by atoms with Crippen molar-refractivity contribution in [2.45, 2.75) is 39.2 Å². The van der Waals surface area contributed by atoms with Gasteiger partial charge in [0.05, 0.1) is 12.1 Å². The van der Waals surface area contributed by atoms with E-state index in [9.17, 15) is 9.59 Å². The summed E-state index contributed by atoms with van der Waals surface area (Å²) in [6, 6.07) is 0.168. The first-order chi connectivity index (χ1) is 9.01. The van der Waals surface area contributed by atoms with Crippen molar-refractivity contribution in [2.75, 3.05) is 12.3 Å². The van der Waals surface area contributed by atoms with Crippen LogP contribution in [0.2, 0.25) is 0 Å². The van der Waals surface area contributed by atoms with Crippen molar-refractivity contribution in [1.82, 2.24) is 15.6 Å². The molecular formula is C12H20N4O2S. The quantitative estimate of drug-likeness (QED) is 0.686. The third-order valence-corrected chi connectivity index (χ3v) is 3.33. The number of thiazole rings is 1. The fourth-order valence-corrected chi connectivity index (χ4v) is 1.96. The minimum absolute atomic E-state index is 0.0486. The van der Waals surface area contributed by atoms with E-state index in [1.165, 1.54) is 11.3 Å². The number of nitrogens with two attached hydrogens (primary N) is 1. The van der Waals surface area contributed by atoms with Crippen LogP contribution < -0.4 is 16.4 Å². The van der Waals surface area contributed by atoms with Crippen molar-refractivity contribution < 1.29 is 9.59 Å². The molecule has 1 aromatic rings. The normalized spacial score (nSPS) is 11.9. The van der Waals surface area contributed by atoms with Gasteiger partial charge in [-0.15, -0.1) is 11.3 Å². The Hall–Kier alpha value is -1.63. The number of nitrogen functional groups attached to an aromatic ring is 1. The topological polar surface area (TPSA) is 97.1 Å². The lowest BCUT2D eigenvalue weighted by Gasteiger charge is -2.11. The lowest BCUT2D eigenvalue weighted by atomic mass is 10.2. The first-order valence-corrected chi connectivity index (χ1v) is 7.15. The number of amides is 2. The van der Waals surface area contributed by atoms with Crippen LogP contribution in [-0.2, 0) is 16.0 Å². The van der Waals surface area contributed by atoms with E-state index >= 15 is 0 Å². The fraction of sp³-hybridized carbons (Fsp3) is 0.583. The maximum Gasteiger partial charge on any atom is 0.226 e. The first kappa shape index (κ1) is 15.4. The third-order valence-electron chi connectivity index (χ3n) is 2.61. The molecule has 7 heteroatoms. The van der Waals surface area contributed by atoms with Crippen LogP contribution in [0.3, 0.4) is 0 Å². The van der Waals surface area contributed by atoms with Gasteiger partial charge in [0.2, 0.25) is 11.8 Å². The summed E-state index contributed by atoms with van der Waals surface area (Å²) in [6.45, 7) is 4.29. The zero-order valence-corrected chi connectivity index (χ0v) is 12.0. The summed E-state index contributed by atoms with van der Waals surface area (Å²) in [7, 11) is 0. The number of rotatable bonds is 7. The van der Waals surface area contributed by atoms with Gasteiger partial charge < -0.3 is 16.4 Å². The highest BCUT2D eigenvalue weighted by Crippen LogP contribution is 2.11. The second-order valence-electron chi connectivity index (χ2n) is 4.33. The maximum atomic E-state index is 11.6. The molecule has 0 saturated carbocycles. The van der Waals surface area contributed by atoms with E-state index in [2.05, 4.69) is 15.6 Å². The van der Waals surface area contributed by atoms with Crippen molar-refractivity contribution >= 4 is 28.3 Å². The van der Waals surface area contributed by atoms with E-state index in [-0.39, 0.29) is 30.7 Å². The third kappa shape index (κ3) is 6.19. The largest absolute Gasteiger partial charge is 0.375 e. The van der Waals surface area contributed by atoms with Crippen molar-refractivity contribution in [1.29, 1.82) is 0 Å². The van der Waals surface area contributed by atoms with Crippen LogP contribution in [0.1, 0.15) is 32.4 Å². The highest BCUT2D eigenvalue weighted by molar-refractivity contribution is 7.13. The Bertz CT molecular complexity index is 433. The Balaban J connectivity index is 2.18. The highest BCUT2D eigenvalue weighted by atomic mass is 32.1. The SMILES string of the molecule is CCC(C)NC(=O)CCNC(=O)Cc1csc(N)n1. The molecular weight excluding hydrogens is 264 g/mol. The van der Waals surface area contributed by atoms with Gasteiger partial charge in [-0.25, -0.2) is 4.98 Å². The molecule has 4 N–H and O–H groups in total. The van der Waals surface area contributed by atoms with Crippen LogP contribution in [0.15, 0.2) is 5.38 Å². The number of nitrogens with one attached hydrogen (secondary N) is 2. The molecule has 2 amide bonds. The van der Waals surface area contributed by atoms with Gasteiger partial charge in [0.1, 0.15) is 0 Å². The molecule has 0 spiro atoms. The van der Waals surface area contributed by atoms with Gasteiger partial charge in [-0.05, 0) is 13.3 Å². The summed E-state index contributed by atoms with van der Waals surface area (Å²) < 4.78 is 0. The molecule has 1 atom stereocenters. The number of hydrogen-bond acceptors (Lipinski definition) is 5. The molecule has 106 valence electrons. The average Bonchev–Trinajstić information content (AvgIpc) is 2.74. The Morgan fingerprint density at radius 2 is 2.21 bits per heavy atom. The van der Waals surface area contributed by atoms with Crippen molar-refractivity contribution in [3.63, 3.8) is 0 Å². The van der Waals surface area contributed by atoms with Crippen molar-refractivity contribution in [2.24, 2.45) is 0 Å². The van der Waals surface area contributed by atoms with Gasteiger partial charge in [-0.1, -0.05) is 6.92 Å². The molecule has 0 aliphatic carbocycles. The van der Waals surface area contributed by atoms with Gasteiger partial charge >= 0.3 is 0 Å². The first-order valence-electron chi connectivity index (χ1n) is 6.27. The number of nitrogens with zero attached hydrogens (tertiary/aromatic N) is 1. The summed E-state index contributed by atoms with van der Waals surface area (Å²) in [5.41, 5.74) is 6.13. The molecule has 0 radical (unpaired) electrons. The molecule has 1 rings (SSSR count). The standard InChI is InChI=1S/C12H20N4O2S/c1-3-8(2)15-10(17)4-5-14-11(18)6-9-7-19-12(13)16-9/h7-8H,3-6H2,1-2H3,(H2,13,16)(H,14,18)(H,15,17). The number of carbonyl (C=O) groups excluding carboxylic acids is 2. The Morgan fingerprint density at radius 3 is 2.79 bits per heavy atom. The molecule has 0 aliphatic rings. The second kappa shape index (κ2) is 7.73. The predicted octanol–water partition coefficient (Wildman–Crippen LogP) is 0.689. The molecule has 0 aromatic carbocycles. The second-order valence-corrected chi connectivity index (χ2v) is 5.22. The zero-order chi connectivity index (χ0) is 14.3. The molecule has 0 saturated heterocycles. The smallest absolute Gasteiger partial charge is 0.226 e. The number of anilines is 1. The van der Waals surface area contributed by atoms with E-state index in [4.69, 9.17) is 5.73 Å². The molecule has 1 unspecified atom stereocenters. The van der Waals surface area contributed by atoms with Crippen LogP contribution >= 0.6 is 11.3 Å². The van der Waals surface area contributed by atoms with Crippen molar-refractivity contribution in [3.05, 3.63) is 11.1 Å². The summed E-state index contributed by atoms with van der Waals surface area (Å²) in [5, 5.41) is 7.73. The monoisotopic (exact) mass is 284 g/mol. The van der Waals surface area contributed by atoms with Gasteiger partial charge in [0.25, 0.3) is 0 Å². The Morgan fingerprint density at radius 1 is 1.47 bits per heavy atom. The zero-order valence-electron chi connectivity index (χ0n) is 11.2. The van der Waals surface area contributed by atoms with Gasteiger partial charge in [0, 0.05) is 24.4 Å². The summed E-state index contributed by atoms with van der Waals surface area (Å²) in [6.07, 6.45) is 1.37. The number of carbonyl (C=O) groups is 2. The molecule has 0 bridgehead atoms. The molecule has 6 nitrogen and oxygen atoms in total. The summed E-state index contributed by atoms with van der Waals surface area (Å²) >= 11 is 1.31. The summed E-state index contributed by atoms with van der Waals surface area (Å²) in [5.74, 6) is -0.200. The minimum Gasteiger partial charge on any atom is -0.375 e. The van der Waals surface area contributed by atoms with Crippen molar-refractivity contribution in [3.8, 4) is 0 Å². The Labute approximate surface area is 116 Å².